The first kappa shape index (κ1) is 72.6. The lowest BCUT2D eigenvalue weighted by Crippen LogP contribution is -2.30. The van der Waals surface area contributed by atoms with Crippen molar-refractivity contribution in [2.45, 2.75) is 374 Å². The Morgan fingerprint density at radius 2 is 0.480 bits per heavy atom. The van der Waals surface area contributed by atoms with Gasteiger partial charge in [0.25, 0.3) is 0 Å². The van der Waals surface area contributed by atoms with E-state index >= 15 is 0 Å². The van der Waals surface area contributed by atoms with Crippen LogP contribution in [-0.2, 0) is 28.6 Å². The topological polar surface area (TPSA) is 78.9 Å². The summed E-state index contributed by atoms with van der Waals surface area (Å²) in [7, 11) is 0. The Labute approximate surface area is 467 Å². The van der Waals surface area contributed by atoms with Crippen molar-refractivity contribution in [3.8, 4) is 0 Å². The van der Waals surface area contributed by atoms with Gasteiger partial charge in [0.05, 0.1) is 0 Å². The summed E-state index contributed by atoms with van der Waals surface area (Å²) in [6.07, 6.45) is 78.8. The number of ether oxygens (including phenoxy) is 3. The van der Waals surface area contributed by atoms with E-state index in [0.29, 0.717) is 19.3 Å². The lowest BCUT2D eigenvalue weighted by Gasteiger charge is -2.18. The van der Waals surface area contributed by atoms with Crippen LogP contribution in [0.25, 0.3) is 0 Å². The van der Waals surface area contributed by atoms with Crippen molar-refractivity contribution in [1.82, 2.24) is 0 Å². The summed E-state index contributed by atoms with van der Waals surface area (Å²) in [5.41, 5.74) is 0. The molecule has 1 unspecified atom stereocenters. The van der Waals surface area contributed by atoms with Gasteiger partial charge in [0.2, 0.25) is 0 Å². The molecule has 6 nitrogen and oxygen atoms in total. The van der Waals surface area contributed by atoms with Crippen molar-refractivity contribution >= 4 is 17.9 Å². The minimum atomic E-state index is -0.778. The van der Waals surface area contributed by atoms with E-state index in [1.54, 1.807) is 0 Å². The smallest absolute Gasteiger partial charge is 0.306 e. The highest BCUT2D eigenvalue weighted by Crippen LogP contribution is 2.18. The van der Waals surface area contributed by atoms with Crippen molar-refractivity contribution in [1.29, 1.82) is 0 Å². The normalized spacial score (nSPS) is 12.2. The number of carbonyl (C=O) groups excluding carboxylic acids is 3. The van der Waals surface area contributed by atoms with Crippen molar-refractivity contribution in [2.24, 2.45) is 0 Å². The van der Waals surface area contributed by atoms with Gasteiger partial charge in [-0.1, -0.05) is 308 Å². The van der Waals surface area contributed by atoms with Crippen LogP contribution >= 0.6 is 0 Å². The maximum Gasteiger partial charge on any atom is 0.306 e. The van der Waals surface area contributed by atoms with Gasteiger partial charge in [0, 0.05) is 19.3 Å². The summed E-state index contributed by atoms with van der Waals surface area (Å²) in [5.74, 6) is -0.868. The number of carbonyl (C=O) groups is 3. The molecular formula is C69H128O6. The van der Waals surface area contributed by atoms with Crippen molar-refractivity contribution in [2.75, 3.05) is 13.2 Å². The summed E-state index contributed by atoms with van der Waals surface area (Å²) >= 11 is 0. The van der Waals surface area contributed by atoms with Gasteiger partial charge in [0.1, 0.15) is 13.2 Å². The highest BCUT2D eigenvalue weighted by atomic mass is 16.6. The van der Waals surface area contributed by atoms with Gasteiger partial charge < -0.3 is 14.2 Å². The molecule has 440 valence electrons. The van der Waals surface area contributed by atoms with E-state index in [1.165, 1.54) is 250 Å². The molecular weight excluding hydrogens is 925 g/mol. The molecule has 0 bridgehead atoms. The van der Waals surface area contributed by atoms with E-state index in [4.69, 9.17) is 14.2 Å². The summed E-state index contributed by atoms with van der Waals surface area (Å²) in [5, 5.41) is 0. The monoisotopic (exact) mass is 1050 g/mol. The molecule has 0 amide bonds. The molecule has 0 N–H and O–H groups in total. The number of hydrogen-bond acceptors (Lipinski definition) is 6. The summed E-state index contributed by atoms with van der Waals surface area (Å²) in [6, 6.07) is 0. The van der Waals surface area contributed by atoms with E-state index in [2.05, 4.69) is 57.2 Å². The molecule has 75 heavy (non-hydrogen) atoms. The summed E-state index contributed by atoms with van der Waals surface area (Å²) in [6.45, 7) is 6.65. The second-order valence-corrected chi connectivity index (χ2v) is 22.7. The first-order chi connectivity index (χ1) is 37.0. The van der Waals surface area contributed by atoms with E-state index in [0.717, 1.165) is 77.0 Å². The van der Waals surface area contributed by atoms with Crippen LogP contribution in [0.4, 0.5) is 0 Å². The molecule has 0 aliphatic heterocycles. The predicted octanol–water partition coefficient (Wildman–Crippen LogP) is 22.8. The predicted molar refractivity (Wildman–Crippen MR) is 326 cm³/mol. The highest BCUT2D eigenvalue weighted by molar-refractivity contribution is 5.71. The van der Waals surface area contributed by atoms with E-state index < -0.39 is 6.10 Å². The van der Waals surface area contributed by atoms with Crippen LogP contribution in [0.3, 0.4) is 0 Å². The maximum absolute atomic E-state index is 12.9. The van der Waals surface area contributed by atoms with Gasteiger partial charge in [-0.15, -0.1) is 0 Å². The Balaban J connectivity index is 4.19. The third-order valence-corrected chi connectivity index (χ3v) is 15.1. The molecule has 0 aromatic heterocycles. The van der Waals surface area contributed by atoms with E-state index in [1.807, 2.05) is 0 Å². The van der Waals surface area contributed by atoms with Gasteiger partial charge in [-0.2, -0.15) is 0 Å². The fraction of sp³-hybridized carbons (Fsp3) is 0.870. The molecule has 0 rings (SSSR count). The lowest BCUT2D eigenvalue weighted by molar-refractivity contribution is -0.167. The van der Waals surface area contributed by atoms with Crippen molar-refractivity contribution < 1.29 is 28.6 Å². The van der Waals surface area contributed by atoms with Crippen LogP contribution in [0, 0.1) is 0 Å². The lowest BCUT2D eigenvalue weighted by atomic mass is 10.0. The van der Waals surface area contributed by atoms with Gasteiger partial charge >= 0.3 is 17.9 Å². The van der Waals surface area contributed by atoms with Crippen LogP contribution in [0.1, 0.15) is 367 Å². The first-order valence-electron chi connectivity index (χ1n) is 33.5. The zero-order valence-electron chi connectivity index (χ0n) is 50.6. The standard InChI is InChI=1S/C69H128O6/c1-4-7-10-13-16-19-22-25-27-29-31-32-33-34-35-36-37-38-39-41-42-44-47-50-53-56-59-62-68(71)74-65-66(64-73-67(70)61-58-55-52-49-46-24-21-18-15-12-9-6-3)75-69(72)63-60-57-54-51-48-45-43-40-30-28-26-23-20-17-14-11-8-5-2/h18,20-21,23,28,30,66H,4-17,19,22,24-27,29,31-65H2,1-3H3/b21-18-,23-20-,30-28-. The Kier molecular flexibility index (Phi) is 62.1. The number of rotatable bonds is 62. The zero-order chi connectivity index (χ0) is 54.3. The third-order valence-electron chi connectivity index (χ3n) is 15.1. The average Bonchev–Trinajstić information content (AvgIpc) is 3.41. The van der Waals surface area contributed by atoms with Crippen LogP contribution in [0.2, 0.25) is 0 Å². The summed E-state index contributed by atoms with van der Waals surface area (Å²) in [4.78, 5) is 38.3. The van der Waals surface area contributed by atoms with Gasteiger partial charge in [0.15, 0.2) is 6.10 Å². The zero-order valence-corrected chi connectivity index (χ0v) is 50.6. The number of allylic oxidation sites excluding steroid dienone is 6. The minimum absolute atomic E-state index is 0.0740. The van der Waals surface area contributed by atoms with Crippen molar-refractivity contribution in [3.05, 3.63) is 36.5 Å². The summed E-state index contributed by atoms with van der Waals surface area (Å²) < 4.78 is 16.9. The maximum atomic E-state index is 12.9. The second-order valence-electron chi connectivity index (χ2n) is 22.7. The van der Waals surface area contributed by atoms with Crippen LogP contribution in [-0.4, -0.2) is 37.2 Å². The minimum Gasteiger partial charge on any atom is -0.462 e. The molecule has 0 aliphatic carbocycles. The number of hydrogen-bond donors (Lipinski definition) is 0. The third kappa shape index (κ3) is 62.4. The van der Waals surface area contributed by atoms with Gasteiger partial charge in [-0.05, 0) is 77.0 Å². The molecule has 0 aliphatic rings. The number of esters is 3. The Morgan fingerprint density at radius 3 is 0.787 bits per heavy atom. The molecule has 6 heteroatoms. The molecule has 0 heterocycles. The van der Waals surface area contributed by atoms with Crippen LogP contribution in [0.15, 0.2) is 36.5 Å². The molecule has 0 fully saturated rings. The Morgan fingerprint density at radius 1 is 0.267 bits per heavy atom. The molecule has 0 aromatic carbocycles. The number of unbranched alkanes of at least 4 members (excludes halogenated alkanes) is 45. The van der Waals surface area contributed by atoms with Gasteiger partial charge in [-0.3, -0.25) is 14.4 Å². The fourth-order valence-electron chi connectivity index (χ4n) is 10.1. The average molecular weight is 1050 g/mol. The van der Waals surface area contributed by atoms with Crippen LogP contribution < -0.4 is 0 Å². The SMILES string of the molecule is CCCCC/C=C\CCCCCCCC(=O)OCC(COC(=O)CCCCCCCCCCCCCCCCCCCCCCCCCCCCC)OC(=O)CCCCCCCCC/C=C\C/C=C\CCCCCC. The molecule has 1 atom stereocenters. The van der Waals surface area contributed by atoms with Crippen LogP contribution in [0.5, 0.6) is 0 Å². The van der Waals surface area contributed by atoms with E-state index in [9.17, 15) is 14.4 Å². The molecule has 0 saturated heterocycles. The fourth-order valence-corrected chi connectivity index (χ4v) is 10.1. The Hall–Kier alpha value is -2.37. The van der Waals surface area contributed by atoms with Gasteiger partial charge in [-0.25, -0.2) is 0 Å². The quantitative estimate of drug-likeness (QED) is 0.0261. The van der Waals surface area contributed by atoms with Crippen molar-refractivity contribution in [3.63, 3.8) is 0 Å². The first-order valence-corrected chi connectivity index (χ1v) is 33.5. The second kappa shape index (κ2) is 64.2. The van der Waals surface area contributed by atoms with E-state index in [-0.39, 0.29) is 31.1 Å². The highest BCUT2D eigenvalue weighted by Gasteiger charge is 2.19. The molecule has 0 saturated carbocycles. The molecule has 0 spiro atoms. The molecule has 0 radical (unpaired) electrons. The Bertz CT molecular complexity index is 1250. The molecule has 0 aromatic rings. The largest absolute Gasteiger partial charge is 0.462 e.